The zero-order valence-electron chi connectivity index (χ0n) is 16.8. The van der Waals surface area contributed by atoms with Gasteiger partial charge < -0.3 is 9.42 Å². The van der Waals surface area contributed by atoms with E-state index in [2.05, 4.69) is 29.2 Å². The largest absolute Gasteiger partial charge is 0.339 e. The van der Waals surface area contributed by atoms with Gasteiger partial charge in [0.2, 0.25) is 17.6 Å². The van der Waals surface area contributed by atoms with Gasteiger partial charge in [0.15, 0.2) is 0 Å². The van der Waals surface area contributed by atoms with Crippen LogP contribution in [-0.4, -0.2) is 27.5 Å². The summed E-state index contributed by atoms with van der Waals surface area (Å²) in [6.07, 6.45) is 4.84. The van der Waals surface area contributed by atoms with E-state index in [0.717, 1.165) is 36.8 Å². The van der Waals surface area contributed by atoms with E-state index in [9.17, 15) is 4.79 Å². The molecule has 150 valence electrons. The number of hydrogen-bond acceptors (Lipinski definition) is 4. The van der Waals surface area contributed by atoms with E-state index in [1.54, 1.807) is 0 Å². The second-order valence-corrected chi connectivity index (χ2v) is 7.73. The Bertz CT molecular complexity index is 918. The first-order chi connectivity index (χ1) is 14.2. The third-order valence-corrected chi connectivity index (χ3v) is 5.80. The number of carbonyl (C=O) groups excluding carboxylic acids is 1. The molecule has 1 aliphatic rings. The zero-order chi connectivity index (χ0) is 20.1. The van der Waals surface area contributed by atoms with Crippen molar-refractivity contribution in [1.82, 2.24) is 15.0 Å². The molecule has 1 aliphatic carbocycles. The monoisotopic (exact) mass is 389 g/mol. The Kier molecular flexibility index (Phi) is 6.03. The molecule has 1 atom stereocenters. The normalized spacial score (nSPS) is 15.3. The van der Waals surface area contributed by atoms with Gasteiger partial charge in [0.25, 0.3) is 0 Å². The van der Waals surface area contributed by atoms with E-state index in [-0.39, 0.29) is 17.9 Å². The number of benzene rings is 2. The number of nitrogens with zero attached hydrogens (tertiary/aromatic N) is 3. The van der Waals surface area contributed by atoms with Crippen molar-refractivity contribution in [2.24, 2.45) is 5.92 Å². The van der Waals surface area contributed by atoms with Gasteiger partial charge in [0.05, 0.1) is 6.04 Å². The second-order valence-electron chi connectivity index (χ2n) is 7.73. The van der Waals surface area contributed by atoms with Gasteiger partial charge in [0.1, 0.15) is 0 Å². The molecule has 0 radical (unpaired) electrons. The molecule has 1 unspecified atom stereocenters. The first kappa shape index (κ1) is 19.4. The Hall–Kier alpha value is -2.95. The van der Waals surface area contributed by atoms with Crippen molar-refractivity contribution in [2.45, 2.75) is 45.1 Å². The zero-order valence-corrected chi connectivity index (χ0v) is 16.8. The average Bonchev–Trinajstić information content (AvgIpc) is 3.47. The van der Waals surface area contributed by atoms with Crippen LogP contribution in [0.5, 0.6) is 0 Å². The summed E-state index contributed by atoms with van der Waals surface area (Å²) in [5, 5.41) is 4.10. The van der Waals surface area contributed by atoms with Gasteiger partial charge in [-0.2, -0.15) is 4.98 Å². The number of hydrogen-bond donors (Lipinski definition) is 0. The molecule has 3 aromatic rings. The number of carbonyl (C=O) groups is 1. The molecule has 0 bridgehead atoms. The molecule has 29 heavy (non-hydrogen) atoms. The van der Waals surface area contributed by atoms with Crippen LogP contribution < -0.4 is 0 Å². The fourth-order valence-corrected chi connectivity index (χ4v) is 4.09. The molecule has 0 saturated heterocycles. The lowest BCUT2D eigenvalue weighted by molar-refractivity contribution is -0.137. The average molecular weight is 389 g/mol. The van der Waals surface area contributed by atoms with E-state index in [1.165, 1.54) is 0 Å². The highest BCUT2D eigenvalue weighted by molar-refractivity contribution is 5.79. The smallest absolute Gasteiger partial charge is 0.228 e. The third-order valence-electron chi connectivity index (χ3n) is 5.80. The molecule has 4 rings (SSSR count). The van der Waals surface area contributed by atoms with Crippen molar-refractivity contribution in [3.05, 3.63) is 72.1 Å². The molecule has 1 amide bonds. The van der Waals surface area contributed by atoms with Crippen LogP contribution >= 0.6 is 0 Å². The van der Waals surface area contributed by atoms with Crippen molar-refractivity contribution in [1.29, 1.82) is 0 Å². The van der Waals surface area contributed by atoms with Crippen LogP contribution in [0.4, 0.5) is 0 Å². The van der Waals surface area contributed by atoms with Crippen molar-refractivity contribution in [3.8, 4) is 11.4 Å². The number of rotatable bonds is 7. The molecule has 0 spiro atoms. The quantitative estimate of drug-likeness (QED) is 0.567. The third kappa shape index (κ3) is 4.56. The van der Waals surface area contributed by atoms with E-state index in [0.29, 0.717) is 24.7 Å². The summed E-state index contributed by atoms with van der Waals surface area (Å²) in [5.41, 5.74) is 2.08. The summed E-state index contributed by atoms with van der Waals surface area (Å²) < 4.78 is 5.46. The summed E-state index contributed by atoms with van der Waals surface area (Å²) >= 11 is 0. The molecule has 0 aliphatic heterocycles. The van der Waals surface area contributed by atoms with Crippen molar-refractivity contribution in [3.63, 3.8) is 0 Å². The first-order valence-electron chi connectivity index (χ1n) is 10.5. The van der Waals surface area contributed by atoms with Gasteiger partial charge >= 0.3 is 0 Å². The van der Waals surface area contributed by atoms with Crippen molar-refractivity contribution >= 4 is 5.91 Å². The molecular formula is C24H27N3O2. The summed E-state index contributed by atoms with van der Waals surface area (Å²) in [5.74, 6) is 1.55. The maximum Gasteiger partial charge on any atom is 0.228 e. The molecule has 1 fully saturated rings. The Morgan fingerprint density at radius 1 is 1.07 bits per heavy atom. The van der Waals surface area contributed by atoms with Crippen molar-refractivity contribution in [2.75, 3.05) is 6.54 Å². The minimum atomic E-state index is 0.0146. The fourth-order valence-electron chi connectivity index (χ4n) is 4.09. The topological polar surface area (TPSA) is 59.2 Å². The van der Waals surface area contributed by atoms with E-state index in [4.69, 9.17) is 4.52 Å². The van der Waals surface area contributed by atoms with Crippen LogP contribution in [0.2, 0.25) is 0 Å². The predicted octanol–water partition coefficient (Wildman–Crippen LogP) is 5.06. The van der Waals surface area contributed by atoms with Crippen LogP contribution in [-0.2, 0) is 11.2 Å². The Labute approximate surface area is 171 Å². The van der Waals surface area contributed by atoms with Gasteiger partial charge in [-0.25, -0.2) is 0 Å². The summed E-state index contributed by atoms with van der Waals surface area (Å²) in [7, 11) is 0. The molecule has 5 nitrogen and oxygen atoms in total. The lowest BCUT2D eigenvalue weighted by atomic mass is 10.0. The molecule has 1 aromatic heterocycles. The second kappa shape index (κ2) is 9.03. The van der Waals surface area contributed by atoms with Crippen LogP contribution in [0.3, 0.4) is 0 Å². The Morgan fingerprint density at radius 3 is 2.41 bits per heavy atom. The predicted molar refractivity (Wildman–Crippen MR) is 112 cm³/mol. The van der Waals surface area contributed by atoms with Crippen LogP contribution in [0.25, 0.3) is 11.4 Å². The van der Waals surface area contributed by atoms with Gasteiger partial charge in [-0.1, -0.05) is 78.7 Å². The highest BCUT2D eigenvalue weighted by Crippen LogP contribution is 2.30. The molecule has 1 saturated carbocycles. The van der Waals surface area contributed by atoms with Crippen molar-refractivity contribution < 1.29 is 9.32 Å². The van der Waals surface area contributed by atoms with Crippen LogP contribution in [0.15, 0.2) is 65.2 Å². The van der Waals surface area contributed by atoms with Gasteiger partial charge in [0, 0.05) is 24.4 Å². The molecule has 5 heteroatoms. The highest BCUT2D eigenvalue weighted by atomic mass is 16.5. The molecule has 2 aromatic carbocycles. The van der Waals surface area contributed by atoms with E-state index in [1.807, 2.05) is 53.4 Å². The summed E-state index contributed by atoms with van der Waals surface area (Å²) in [4.78, 5) is 19.8. The fraction of sp³-hybridized carbons (Fsp3) is 0.375. The highest BCUT2D eigenvalue weighted by Gasteiger charge is 2.30. The van der Waals surface area contributed by atoms with Crippen LogP contribution in [0.1, 0.15) is 50.1 Å². The van der Waals surface area contributed by atoms with Gasteiger partial charge in [-0.05, 0) is 25.3 Å². The Morgan fingerprint density at radius 2 is 1.72 bits per heavy atom. The number of aromatic nitrogens is 2. The first-order valence-corrected chi connectivity index (χ1v) is 10.5. The standard InChI is InChI=1S/C24H27N3O2/c1-18(19-10-4-2-5-11-19)27(24(28)21-14-8-9-15-21)17-16-22-25-23(26-29-22)20-12-6-3-7-13-20/h2-7,10-13,18,21H,8-9,14-17H2,1H3. The summed E-state index contributed by atoms with van der Waals surface area (Å²) in [6, 6.07) is 20.0. The van der Waals surface area contributed by atoms with Gasteiger partial charge in [-0.3, -0.25) is 4.79 Å². The minimum Gasteiger partial charge on any atom is -0.339 e. The maximum atomic E-state index is 13.3. The Balaban J connectivity index is 1.49. The van der Waals surface area contributed by atoms with E-state index < -0.39 is 0 Å². The lowest BCUT2D eigenvalue weighted by Gasteiger charge is -2.31. The van der Waals surface area contributed by atoms with Gasteiger partial charge in [-0.15, -0.1) is 0 Å². The minimum absolute atomic E-state index is 0.0146. The SMILES string of the molecule is CC(c1ccccc1)N(CCc1nc(-c2ccccc2)no1)C(=O)C1CCCC1. The lowest BCUT2D eigenvalue weighted by Crippen LogP contribution is -2.38. The summed E-state index contributed by atoms with van der Waals surface area (Å²) in [6.45, 7) is 2.67. The maximum absolute atomic E-state index is 13.3. The molecule has 0 N–H and O–H groups in total. The number of amides is 1. The molecular weight excluding hydrogens is 362 g/mol. The van der Waals surface area contributed by atoms with Crippen LogP contribution in [0, 0.1) is 5.92 Å². The van der Waals surface area contributed by atoms with E-state index >= 15 is 0 Å². The molecule has 1 heterocycles.